The first-order valence-electron chi connectivity index (χ1n) is 4.85. The van der Waals surface area contributed by atoms with Crippen LogP contribution in [0.5, 0.6) is 5.75 Å². The van der Waals surface area contributed by atoms with E-state index in [2.05, 4.69) is 53.5 Å². The first-order valence-corrected chi connectivity index (χ1v) is 5.64. The molecule has 0 aliphatic carbocycles. The van der Waals surface area contributed by atoms with Gasteiger partial charge >= 0.3 is 0 Å². The average molecular weight is 268 g/mol. The number of aromatic nitrogens is 1. The van der Waals surface area contributed by atoms with Gasteiger partial charge < -0.3 is 9.30 Å². The fourth-order valence-corrected chi connectivity index (χ4v) is 2.41. The Kier molecular flexibility index (Phi) is 2.51. The smallest absolute Gasteiger partial charge is 0.135 e. The highest BCUT2D eigenvalue weighted by atomic mass is 79.9. The molecule has 2 rings (SSSR count). The lowest BCUT2D eigenvalue weighted by atomic mass is 10.1. The van der Waals surface area contributed by atoms with Crippen LogP contribution in [0.4, 0.5) is 0 Å². The first kappa shape index (κ1) is 10.6. The second-order valence-electron chi connectivity index (χ2n) is 3.77. The third-order valence-corrected chi connectivity index (χ3v) is 3.70. The van der Waals surface area contributed by atoms with Crippen molar-refractivity contribution in [1.29, 1.82) is 0 Å². The summed E-state index contributed by atoms with van der Waals surface area (Å²) in [7, 11) is 3.77. The van der Waals surface area contributed by atoms with Crippen LogP contribution in [-0.2, 0) is 7.05 Å². The number of hydrogen-bond donors (Lipinski definition) is 0. The second-order valence-corrected chi connectivity index (χ2v) is 4.63. The number of aryl methyl sites for hydroxylation is 2. The highest BCUT2D eigenvalue weighted by molar-refractivity contribution is 9.10. The van der Waals surface area contributed by atoms with Crippen LogP contribution in [0.1, 0.15) is 11.3 Å². The van der Waals surface area contributed by atoms with Crippen LogP contribution in [0.15, 0.2) is 16.6 Å². The zero-order chi connectivity index (χ0) is 11.2. The summed E-state index contributed by atoms with van der Waals surface area (Å²) < 4.78 is 8.50. The molecule has 0 bridgehead atoms. The van der Waals surface area contributed by atoms with Gasteiger partial charge in [-0.15, -0.1) is 0 Å². The summed E-state index contributed by atoms with van der Waals surface area (Å²) in [5.74, 6) is 0.878. The molecule has 0 saturated heterocycles. The van der Waals surface area contributed by atoms with Crippen molar-refractivity contribution in [3.63, 3.8) is 0 Å². The number of fused-ring (bicyclic) bond motifs is 1. The predicted octanol–water partition coefficient (Wildman–Crippen LogP) is 3.57. The van der Waals surface area contributed by atoms with E-state index in [1.165, 1.54) is 22.2 Å². The number of hydrogen-bond acceptors (Lipinski definition) is 1. The Balaban J connectivity index is 2.88. The zero-order valence-corrected chi connectivity index (χ0v) is 11.0. The van der Waals surface area contributed by atoms with Gasteiger partial charge in [0, 0.05) is 24.2 Å². The number of methoxy groups -OCH3 is 1. The lowest BCUT2D eigenvalue weighted by molar-refractivity contribution is 0.412. The summed E-state index contributed by atoms with van der Waals surface area (Å²) in [6, 6.07) is 4.19. The van der Waals surface area contributed by atoms with Gasteiger partial charge in [0.1, 0.15) is 5.75 Å². The summed E-state index contributed by atoms with van der Waals surface area (Å²) >= 11 is 3.51. The lowest BCUT2D eigenvalue weighted by Crippen LogP contribution is -1.91. The monoisotopic (exact) mass is 267 g/mol. The third kappa shape index (κ3) is 1.46. The van der Waals surface area contributed by atoms with Crippen LogP contribution in [0, 0.1) is 13.8 Å². The molecule has 80 valence electrons. The molecule has 0 N–H and O–H groups in total. The molecule has 0 aliphatic heterocycles. The van der Waals surface area contributed by atoms with Crippen molar-refractivity contribution in [2.45, 2.75) is 13.8 Å². The second kappa shape index (κ2) is 3.56. The van der Waals surface area contributed by atoms with Gasteiger partial charge in [0.15, 0.2) is 0 Å². The minimum absolute atomic E-state index is 0.878. The van der Waals surface area contributed by atoms with Crippen molar-refractivity contribution < 1.29 is 4.74 Å². The van der Waals surface area contributed by atoms with Crippen LogP contribution in [0.3, 0.4) is 0 Å². The molecule has 0 radical (unpaired) electrons. The Morgan fingerprint density at radius 1 is 1.27 bits per heavy atom. The number of rotatable bonds is 1. The van der Waals surface area contributed by atoms with E-state index in [1.54, 1.807) is 7.11 Å². The fourth-order valence-electron chi connectivity index (χ4n) is 1.90. The van der Waals surface area contributed by atoms with E-state index in [0.29, 0.717) is 0 Å². The van der Waals surface area contributed by atoms with E-state index in [1.807, 2.05) is 0 Å². The van der Waals surface area contributed by atoms with Gasteiger partial charge in [-0.3, -0.25) is 0 Å². The van der Waals surface area contributed by atoms with E-state index in [9.17, 15) is 0 Å². The van der Waals surface area contributed by atoms with E-state index in [0.717, 1.165) is 10.2 Å². The summed E-state index contributed by atoms with van der Waals surface area (Å²) in [5, 5.41) is 1.28. The number of halogens is 1. The van der Waals surface area contributed by atoms with Gasteiger partial charge in [0.05, 0.1) is 17.1 Å². The van der Waals surface area contributed by atoms with Gasteiger partial charge in [-0.05, 0) is 41.4 Å². The molecule has 0 amide bonds. The Bertz CT molecular complexity index is 528. The molecule has 0 saturated carbocycles. The molecule has 0 unspecified atom stereocenters. The molecular formula is C12H14BrNO. The topological polar surface area (TPSA) is 14.2 Å². The van der Waals surface area contributed by atoms with Crippen molar-refractivity contribution >= 4 is 26.8 Å². The molecule has 2 aromatic rings. The Morgan fingerprint density at radius 3 is 2.53 bits per heavy atom. The quantitative estimate of drug-likeness (QED) is 0.771. The number of nitrogens with zero attached hydrogens (tertiary/aromatic N) is 1. The SMILES string of the molecule is COc1cc2c(cc1Br)c(C)c(C)n2C. The molecule has 1 aromatic heterocycles. The standard InChI is InChI=1S/C12H14BrNO/c1-7-8(2)14(3)11-6-12(15-4)10(13)5-9(7)11/h5-6H,1-4H3. The van der Waals surface area contributed by atoms with E-state index >= 15 is 0 Å². The fraction of sp³-hybridized carbons (Fsp3) is 0.333. The first-order chi connectivity index (χ1) is 7.06. The third-order valence-electron chi connectivity index (χ3n) is 3.08. The van der Waals surface area contributed by atoms with Gasteiger partial charge in [0.25, 0.3) is 0 Å². The van der Waals surface area contributed by atoms with Gasteiger partial charge in [0.2, 0.25) is 0 Å². The molecule has 0 aliphatic rings. The minimum atomic E-state index is 0.878. The van der Waals surface area contributed by atoms with Crippen LogP contribution in [-0.4, -0.2) is 11.7 Å². The minimum Gasteiger partial charge on any atom is -0.495 e. The molecule has 3 heteroatoms. The molecule has 15 heavy (non-hydrogen) atoms. The van der Waals surface area contributed by atoms with Crippen LogP contribution >= 0.6 is 15.9 Å². The van der Waals surface area contributed by atoms with Crippen molar-refractivity contribution in [1.82, 2.24) is 4.57 Å². The summed E-state index contributed by atoms with van der Waals surface area (Å²) in [6.07, 6.45) is 0. The normalized spacial score (nSPS) is 11.0. The van der Waals surface area contributed by atoms with Gasteiger partial charge in [-0.2, -0.15) is 0 Å². The highest BCUT2D eigenvalue weighted by Gasteiger charge is 2.11. The Labute approximate surface area is 98.0 Å². The summed E-state index contributed by atoms with van der Waals surface area (Å²) in [5.41, 5.74) is 3.84. The van der Waals surface area contributed by atoms with Crippen molar-refractivity contribution in [3.05, 3.63) is 27.9 Å². The molecule has 1 aromatic carbocycles. The number of benzene rings is 1. The summed E-state index contributed by atoms with van der Waals surface area (Å²) in [6.45, 7) is 4.28. The zero-order valence-electron chi connectivity index (χ0n) is 9.39. The molecular weight excluding hydrogens is 254 g/mol. The lowest BCUT2D eigenvalue weighted by Gasteiger charge is -2.04. The predicted molar refractivity (Wildman–Crippen MR) is 66.6 cm³/mol. The van der Waals surface area contributed by atoms with Crippen molar-refractivity contribution in [3.8, 4) is 5.75 Å². The van der Waals surface area contributed by atoms with E-state index in [4.69, 9.17) is 4.74 Å². The van der Waals surface area contributed by atoms with E-state index in [-0.39, 0.29) is 0 Å². The molecule has 0 spiro atoms. The largest absolute Gasteiger partial charge is 0.495 e. The van der Waals surface area contributed by atoms with Crippen molar-refractivity contribution in [2.75, 3.05) is 7.11 Å². The maximum absolute atomic E-state index is 5.30. The van der Waals surface area contributed by atoms with Crippen LogP contribution in [0.2, 0.25) is 0 Å². The highest BCUT2D eigenvalue weighted by Crippen LogP contribution is 2.33. The molecule has 0 fully saturated rings. The van der Waals surface area contributed by atoms with E-state index < -0.39 is 0 Å². The van der Waals surface area contributed by atoms with Crippen molar-refractivity contribution in [2.24, 2.45) is 7.05 Å². The Hall–Kier alpha value is -0.960. The maximum atomic E-state index is 5.30. The van der Waals surface area contributed by atoms with Crippen LogP contribution < -0.4 is 4.74 Å². The molecule has 2 nitrogen and oxygen atoms in total. The molecule has 1 heterocycles. The number of ether oxygens (including phenoxy) is 1. The van der Waals surface area contributed by atoms with Crippen LogP contribution in [0.25, 0.3) is 10.9 Å². The maximum Gasteiger partial charge on any atom is 0.135 e. The van der Waals surface area contributed by atoms with Gasteiger partial charge in [-0.1, -0.05) is 0 Å². The van der Waals surface area contributed by atoms with Gasteiger partial charge in [-0.25, -0.2) is 0 Å². The Morgan fingerprint density at radius 2 is 1.93 bits per heavy atom. The molecule has 0 atom stereocenters. The average Bonchev–Trinajstić information content (AvgIpc) is 2.43. The summed E-state index contributed by atoms with van der Waals surface area (Å²) in [4.78, 5) is 0.